The van der Waals surface area contributed by atoms with Crippen molar-refractivity contribution in [2.24, 2.45) is 5.92 Å². The molecule has 0 saturated carbocycles. The van der Waals surface area contributed by atoms with E-state index in [2.05, 4.69) is 11.2 Å². The van der Waals surface area contributed by atoms with Crippen molar-refractivity contribution in [1.82, 2.24) is 14.7 Å². The summed E-state index contributed by atoms with van der Waals surface area (Å²) in [5, 5.41) is 24.4. The Morgan fingerprint density at radius 3 is 2.72 bits per heavy atom. The SMILES string of the molecule is O=C(O)N1CC[C@H](COc2cc(-c3ccc(O)cc3)cc3c2cnn3C2CCCCO2)C1. The van der Waals surface area contributed by atoms with Crippen LogP contribution in [-0.2, 0) is 4.74 Å². The number of aromatic hydroxyl groups is 1. The molecule has 8 heteroatoms. The first-order valence-electron chi connectivity index (χ1n) is 11.1. The normalized spacial score (nSPS) is 21.2. The number of hydrogen-bond acceptors (Lipinski definition) is 5. The van der Waals surface area contributed by atoms with Gasteiger partial charge in [-0.15, -0.1) is 0 Å². The van der Waals surface area contributed by atoms with E-state index in [0.717, 1.165) is 60.1 Å². The Kier molecular flexibility index (Phi) is 5.61. The molecule has 1 unspecified atom stereocenters. The van der Waals surface area contributed by atoms with Gasteiger partial charge in [-0.2, -0.15) is 5.10 Å². The molecular weight excluding hydrogens is 410 g/mol. The Morgan fingerprint density at radius 2 is 2.00 bits per heavy atom. The van der Waals surface area contributed by atoms with Gasteiger partial charge >= 0.3 is 6.09 Å². The van der Waals surface area contributed by atoms with E-state index in [1.54, 1.807) is 12.1 Å². The van der Waals surface area contributed by atoms with E-state index in [1.807, 2.05) is 29.1 Å². The Hall–Kier alpha value is -3.26. The summed E-state index contributed by atoms with van der Waals surface area (Å²) >= 11 is 0. The zero-order valence-corrected chi connectivity index (χ0v) is 17.8. The van der Waals surface area contributed by atoms with Crippen LogP contribution < -0.4 is 4.74 Å². The maximum Gasteiger partial charge on any atom is 0.407 e. The third-order valence-electron chi connectivity index (χ3n) is 6.34. The van der Waals surface area contributed by atoms with E-state index in [4.69, 9.17) is 9.47 Å². The second-order valence-corrected chi connectivity index (χ2v) is 8.56. The lowest BCUT2D eigenvalue weighted by Gasteiger charge is -2.23. The topological polar surface area (TPSA) is 97.0 Å². The summed E-state index contributed by atoms with van der Waals surface area (Å²) in [7, 11) is 0. The van der Waals surface area contributed by atoms with E-state index >= 15 is 0 Å². The van der Waals surface area contributed by atoms with Crippen molar-refractivity contribution in [3.8, 4) is 22.6 Å². The van der Waals surface area contributed by atoms with Crippen molar-refractivity contribution in [3.05, 3.63) is 42.6 Å². The molecule has 2 saturated heterocycles. The summed E-state index contributed by atoms with van der Waals surface area (Å²) in [6.45, 7) is 2.21. The van der Waals surface area contributed by atoms with Crippen LogP contribution >= 0.6 is 0 Å². The van der Waals surface area contributed by atoms with Crippen LogP contribution in [-0.4, -0.2) is 57.3 Å². The maximum atomic E-state index is 11.2. The van der Waals surface area contributed by atoms with E-state index in [9.17, 15) is 15.0 Å². The van der Waals surface area contributed by atoms with E-state index in [-0.39, 0.29) is 17.9 Å². The van der Waals surface area contributed by atoms with Gasteiger partial charge in [0.2, 0.25) is 0 Å². The number of rotatable bonds is 5. The molecule has 2 N–H and O–H groups in total. The monoisotopic (exact) mass is 437 g/mol. The van der Waals surface area contributed by atoms with Crippen LogP contribution in [0.15, 0.2) is 42.6 Å². The van der Waals surface area contributed by atoms with Crippen LogP contribution in [0.4, 0.5) is 4.79 Å². The van der Waals surface area contributed by atoms with Crippen LogP contribution in [0.2, 0.25) is 0 Å². The van der Waals surface area contributed by atoms with Crippen LogP contribution in [0.3, 0.4) is 0 Å². The number of likely N-dealkylation sites (tertiary alicyclic amines) is 1. The van der Waals surface area contributed by atoms with Gasteiger partial charge in [-0.05, 0) is 61.1 Å². The number of carboxylic acid groups (broad SMARTS) is 1. The molecule has 0 radical (unpaired) electrons. The van der Waals surface area contributed by atoms with E-state index in [0.29, 0.717) is 19.7 Å². The van der Waals surface area contributed by atoms with E-state index in [1.165, 1.54) is 4.90 Å². The van der Waals surface area contributed by atoms with E-state index < -0.39 is 6.09 Å². The first-order valence-corrected chi connectivity index (χ1v) is 11.1. The molecule has 0 bridgehead atoms. The van der Waals surface area contributed by atoms with Gasteiger partial charge in [-0.1, -0.05) is 12.1 Å². The summed E-state index contributed by atoms with van der Waals surface area (Å²) in [4.78, 5) is 12.7. The molecule has 8 nitrogen and oxygen atoms in total. The number of hydrogen-bond donors (Lipinski definition) is 2. The highest BCUT2D eigenvalue weighted by molar-refractivity contribution is 5.90. The molecule has 2 fully saturated rings. The molecule has 1 amide bonds. The zero-order chi connectivity index (χ0) is 22.1. The molecule has 2 aliphatic rings. The molecule has 0 spiro atoms. The predicted molar refractivity (Wildman–Crippen MR) is 119 cm³/mol. The average molecular weight is 437 g/mol. The average Bonchev–Trinajstić information content (AvgIpc) is 3.46. The smallest absolute Gasteiger partial charge is 0.407 e. The Bertz CT molecular complexity index is 1100. The second-order valence-electron chi connectivity index (χ2n) is 8.56. The molecule has 1 aromatic heterocycles. The number of carbonyl (C=O) groups is 1. The molecule has 2 atom stereocenters. The van der Waals surface area contributed by atoms with Crippen LogP contribution in [0, 0.1) is 5.92 Å². The molecule has 2 aliphatic heterocycles. The van der Waals surface area contributed by atoms with Gasteiger partial charge in [0.1, 0.15) is 11.5 Å². The molecule has 32 heavy (non-hydrogen) atoms. The molecule has 5 rings (SSSR count). The fourth-order valence-corrected chi connectivity index (χ4v) is 4.55. The third kappa shape index (κ3) is 4.10. The molecule has 2 aromatic carbocycles. The largest absolute Gasteiger partial charge is 0.508 e. The molecule has 3 aromatic rings. The summed E-state index contributed by atoms with van der Waals surface area (Å²) < 4.78 is 14.2. The summed E-state index contributed by atoms with van der Waals surface area (Å²) in [6, 6.07) is 11.2. The summed E-state index contributed by atoms with van der Waals surface area (Å²) in [6.07, 6.45) is 4.74. The van der Waals surface area contributed by atoms with Crippen molar-refractivity contribution >= 4 is 17.0 Å². The number of phenolic OH excluding ortho intramolecular Hbond substituents is 1. The third-order valence-corrected chi connectivity index (χ3v) is 6.34. The molecule has 168 valence electrons. The van der Waals surface area contributed by atoms with Crippen molar-refractivity contribution in [1.29, 1.82) is 0 Å². The summed E-state index contributed by atoms with van der Waals surface area (Å²) in [5.74, 6) is 1.10. The maximum absolute atomic E-state index is 11.2. The van der Waals surface area contributed by atoms with Crippen LogP contribution in [0.25, 0.3) is 22.0 Å². The van der Waals surface area contributed by atoms with Gasteiger partial charge in [0.15, 0.2) is 6.23 Å². The quantitative estimate of drug-likeness (QED) is 0.611. The highest BCUT2D eigenvalue weighted by Gasteiger charge is 2.27. The first kappa shape index (κ1) is 20.6. The minimum atomic E-state index is -0.877. The van der Waals surface area contributed by atoms with Gasteiger partial charge < -0.3 is 24.6 Å². The Morgan fingerprint density at radius 1 is 1.16 bits per heavy atom. The minimum absolute atomic E-state index is 0.0943. The standard InChI is InChI=1S/C24H27N3O5/c28-19-6-4-17(5-7-19)18-11-21-20(13-25-27(21)23-3-1-2-10-31-23)22(12-18)32-15-16-8-9-26(14-16)24(29)30/h4-7,11-13,16,23,28H,1-3,8-10,14-15H2,(H,29,30)/t16-,23?/m0/s1. The van der Waals surface area contributed by atoms with Gasteiger partial charge in [-0.25, -0.2) is 9.48 Å². The highest BCUT2D eigenvalue weighted by Crippen LogP contribution is 2.36. The number of benzene rings is 2. The summed E-state index contributed by atoms with van der Waals surface area (Å²) in [5.41, 5.74) is 2.87. The number of ether oxygens (including phenoxy) is 2. The first-order chi connectivity index (χ1) is 15.6. The van der Waals surface area contributed by atoms with Crippen molar-refractivity contribution < 1.29 is 24.5 Å². The number of aromatic nitrogens is 2. The fourth-order valence-electron chi connectivity index (χ4n) is 4.55. The minimum Gasteiger partial charge on any atom is -0.508 e. The molecular formula is C24H27N3O5. The van der Waals surface area contributed by atoms with Gasteiger partial charge in [0.05, 0.1) is 23.7 Å². The number of fused-ring (bicyclic) bond motifs is 1. The fraction of sp³-hybridized carbons (Fsp3) is 0.417. The lowest BCUT2D eigenvalue weighted by Crippen LogP contribution is -2.27. The van der Waals surface area contributed by atoms with Gasteiger partial charge in [0, 0.05) is 25.6 Å². The molecule has 3 heterocycles. The van der Waals surface area contributed by atoms with Crippen molar-refractivity contribution in [2.75, 3.05) is 26.3 Å². The van der Waals surface area contributed by atoms with Crippen LogP contribution in [0.1, 0.15) is 31.9 Å². The second kappa shape index (κ2) is 8.70. The Balaban J connectivity index is 1.48. The number of nitrogens with zero attached hydrogens (tertiary/aromatic N) is 3. The van der Waals surface area contributed by atoms with Crippen molar-refractivity contribution in [2.45, 2.75) is 31.9 Å². The predicted octanol–water partition coefficient (Wildman–Crippen LogP) is 4.49. The van der Waals surface area contributed by atoms with Crippen LogP contribution in [0.5, 0.6) is 11.5 Å². The zero-order valence-electron chi connectivity index (χ0n) is 17.8. The lowest BCUT2D eigenvalue weighted by molar-refractivity contribution is -0.0366. The van der Waals surface area contributed by atoms with Gasteiger partial charge in [-0.3, -0.25) is 0 Å². The molecule has 0 aliphatic carbocycles. The number of phenols is 1. The van der Waals surface area contributed by atoms with Gasteiger partial charge in [0.25, 0.3) is 0 Å². The Labute approximate surface area is 186 Å². The van der Waals surface area contributed by atoms with Crippen molar-refractivity contribution in [3.63, 3.8) is 0 Å². The highest BCUT2D eigenvalue weighted by atomic mass is 16.5. The number of amides is 1. The lowest BCUT2D eigenvalue weighted by atomic mass is 10.0.